The molecule has 0 spiro atoms. The Bertz CT molecular complexity index is 1130. The fraction of sp³-hybridized carbons (Fsp3) is 0.500. The maximum absolute atomic E-state index is 12.8. The molecule has 1 atom stereocenters. The third kappa shape index (κ3) is 3.88. The zero-order chi connectivity index (χ0) is 21.8. The van der Waals surface area contributed by atoms with Crippen molar-refractivity contribution in [1.29, 1.82) is 0 Å². The van der Waals surface area contributed by atoms with E-state index in [-0.39, 0.29) is 17.4 Å². The molecular weight excluding hydrogens is 436 g/mol. The van der Waals surface area contributed by atoms with Crippen LogP contribution in [0, 0.1) is 5.92 Å². The summed E-state index contributed by atoms with van der Waals surface area (Å²) in [5, 5.41) is 13.2. The number of benzene rings is 1. The Morgan fingerprint density at radius 1 is 1.23 bits per heavy atom. The number of thiophene rings is 1. The summed E-state index contributed by atoms with van der Waals surface area (Å²) >= 11 is 0.951. The van der Waals surface area contributed by atoms with Gasteiger partial charge in [0.05, 0.1) is 13.2 Å². The van der Waals surface area contributed by atoms with E-state index in [1.807, 2.05) is 0 Å². The highest BCUT2D eigenvalue weighted by molar-refractivity contribution is 7.92. The fourth-order valence-electron chi connectivity index (χ4n) is 4.53. The lowest BCUT2D eigenvalue weighted by molar-refractivity contribution is -0.182. The summed E-state index contributed by atoms with van der Waals surface area (Å²) < 4.78 is 32.7. The molecule has 2 fully saturated rings. The van der Waals surface area contributed by atoms with E-state index in [0.29, 0.717) is 16.7 Å². The van der Waals surface area contributed by atoms with Crippen LogP contribution in [0.1, 0.15) is 53.7 Å². The number of hydrogen-bond donors (Lipinski definition) is 3. The van der Waals surface area contributed by atoms with Gasteiger partial charge in [-0.3, -0.25) is 0 Å². The number of nitrogens with one attached hydrogen (secondary N) is 2. The van der Waals surface area contributed by atoms with Crippen LogP contribution in [0.25, 0.3) is 0 Å². The summed E-state index contributed by atoms with van der Waals surface area (Å²) in [5.41, 5.74) is 3.07. The largest absolute Gasteiger partial charge is 0.379 e. The van der Waals surface area contributed by atoms with E-state index < -0.39 is 21.7 Å². The lowest BCUT2D eigenvalue weighted by Crippen LogP contribution is -2.45. The Kier molecular flexibility index (Phi) is 5.12. The van der Waals surface area contributed by atoms with E-state index in [9.17, 15) is 18.3 Å². The average Bonchev–Trinajstić information content (AvgIpc) is 3.22. The smallest absolute Gasteiger partial charge is 0.333 e. The summed E-state index contributed by atoms with van der Waals surface area (Å²) in [7, 11) is -4.05. The number of carbonyl (C=O) groups excluding carboxylic acids is 1. The van der Waals surface area contributed by atoms with E-state index >= 15 is 0 Å². The molecule has 1 aromatic heterocycles. The van der Waals surface area contributed by atoms with Crippen LogP contribution >= 0.6 is 11.3 Å². The van der Waals surface area contributed by atoms with Crippen LogP contribution in [0.3, 0.4) is 0 Å². The topological polar surface area (TPSA) is 105 Å². The van der Waals surface area contributed by atoms with Crippen LogP contribution in [-0.2, 0) is 33.2 Å². The molecule has 2 amide bonds. The maximum atomic E-state index is 12.8. The summed E-state index contributed by atoms with van der Waals surface area (Å²) in [6.07, 6.45) is 5.28. The minimum Gasteiger partial charge on any atom is -0.379 e. The first-order valence-corrected chi connectivity index (χ1v) is 13.0. The van der Waals surface area contributed by atoms with E-state index in [4.69, 9.17) is 4.74 Å². The minimum atomic E-state index is -4.05. The van der Waals surface area contributed by atoms with Gasteiger partial charge in [0.25, 0.3) is 10.0 Å². The van der Waals surface area contributed by atoms with Gasteiger partial charge in [0.2, 0.25) is 0 Å². The minimum absolute atomic E-state index is 0.0113. The molecule has 7 nitrogen and oxygen atoms in total. The summed E-state index contributed by atoms with van der Waals surface area (Å²) in [5.74, 6) is 0.945. The number of aliphatic hydroxyl groups is 1. The Morgan fingerprint density at radius 3 is 2.68 bits per heavy atom. The van der Waals surface area contributed by atoms with Gasteiger partial charge < -0.3 is 15.2 Å². The Labute approximate surface area is 185 Å². The van der Waals surface area contributed by atoms with Crippen molar-refractivity contribution in [3.05, 3.63) is 45.8 Å². The second-order valence-corrected chi connectivity index (χ2v) is 11.8. The number of aryl methyl sites for hydroxylation is 1. The van der Waals surface area contributed by atoms with Gasteiger partial charge in [-0.05, 0) is 72.8 Å². The molecule has 1 aliphatic heterocycles. The highest BCUT2D eigenvalue weighted by Crippen LogP contribution is 2.46. The quantitative estimate of drug-likeness (QED) is 0.610. The molecule has 166 valence electrons. The van der Waals surface area contributed by atoms with Crippen molar-refractivity contribution in [3.63, 3.8) is 0 Å². The number of carbonyl (C=O) groups is 1. The van der Waals surface area contributed by atoms with Gasteiger partial charge in [0.1, 0.15) is 9.81 Å². The van der Waals surface area contributed by atoms with Gasteiger partial charge in [-0.2, -0.15) is 0 Å². The molecule has 1 saturated heterocycles. The number of hydrogen-bond acceptors (Lipinski definition) is 6. The van der Waals surface area contributed by atoms with Crippen LogP contribution in [0.4, 0.5) is 10.5 Å². The predicted molar refractivity (Wildman–Crippen MR) is 118 cm³/mol. The molecule has 0 radical (unpaired) electrons. The lowest BCUT2D eigenvalue weighted by Gasteiger charge is -2.35. The molecule has 5 rings (SSSR count). The highest BCUT2D eigenvalue weighted by Gasteiger charge is 2.40. The van der Waals surface area contributed by atoms with Crippen molar-refractivity contribution in [2.45, 2.75) is 54.8 Å². The molecule has 2 aliphatic carbocycles. The molecule has 31 heavy (non-hydrogen) atoms. The second kappa shape index (κ2) is 7.58. The van der Waals surface area contributed by atoms with Crippen molar-refractivity contribution in [1.82, 2.24) is 4.72 Å². The lowest BCUT2D eigenvalue weighted by atomic mass is 9.91. The van der Waals surface area contributed by atoms with Crippen LogP contribution in [0.5, 0.6) is 0 Å². The van der Waals surface area contributed by atoms with Crippen molar-refractivity contribution in [3.8, 4) is 0 Å². The van der Waals surface area contributed by atoms with Gasteiger partial charge in [-0.1, -0.05) is 19.1 Å². The van der Waals surface area contributed by atoms with Gasteiger partial charge in [-0.15, -0.1) is 11.3 Å². The van der Waals surface area contributed by atoms with Crippen molar-refractivity contribution in [2.75, 3.05) is 18.5 Å². The van der Waals surface area contributed by atoms with E-state index in [2.05, 4.69) is 29.1 Å². The highest BCUT2D eigenvalue weighted by atomic mass is 32.2. The van der Waals surface area contributed by atoms with Crippen LogP contribution in [-0.4, -0.2) is 32.8 Å². The molecule has 1 aromatic carbocycles. The SMILES string of the molecule is C[C@@H](c1ccc2c(c1NC(=O)NS(=O)(=O)c1ccc(C3(O)COC3)s1)CCC2)C1CC1. The number of anilines is 1. The number of rotatable bonds is 6. The van der Waals surface area contributed by atoms with Crippen LogP contribution in [0.15, 0.2) is 28.5 Å². The van der Waals surface area contributed by atoms with Gasteiger partial charge >= 0.3 is 6.03 Å². The molecule has 2 aromatic rings. The zero-order valence-corrected chi connectivity index (χ0v) is 18.9. The molecule has 3 N–H and O–H groups in total. The standard InChI is InChI=1S/C22H26N2O5S2/c1-13(14-5-6-14)16-8-7-15-3-2-4-17(15)20(16)23-21(25)24-31(27,28)19-10-9-18(30-19)22(26)11-29-12-22/h7-10,13-14,26H,2-6,11-12H2,1H3,(H2,23,24,25)/t13-/m1/s1. The first kappa shape index (κ1) is 20.9. The summed E-state index contributed by atoms with van der Waals surface area (Å²) in [6.45, 7) is 2.46. The number of amides is 2. The monoisotopic (exact) mass is 462 g/mol. The van der Waals surface area contributed by atoms with Gasteiger partial charge in [0.15, 0.2) is 0 Å². The number of urea groups is 1. The third-order valence-corrected chi connectivity index (χ3v) is 9.69. The predicted octanol–water partition coefficient (Wildman–Crippen LogP) is 3.48. The van der Waals surface area contributed by atoms with Gasteiger partial charge in [0, 0.05) is 10.6 Å². The Hall–Kier alpha value is -1.94. The summed E-state index contributed by atoms with van der Waals surface area (Å²) in [6, 6.07) is 6.46. The molecular formula is C22H26N2O5S2. The number of sulfonamides is 1. The third-order valence-electron chi connectivity index (χ3n) is 6.59. The van der Waals surface area contributed by atoms with Crippen molar-refractivity contribution < 1.29 is 23.1 Å². The molecule has 9 heteroatoms. The first-order valence-electron chi connectivity index (χ1n) is 10.7. The van der Waals surface area contributed by atoms with Crippen molar-refractivity contribution >= 4 is 33.1 Å². The molecule has 0 unspecified atom stereocenters. The molecule has 2 heterocycles. The first-order chi connectivity index (χ1) is 14.8. The van der Waals surface area contributed by atoms with Crippen LogP contribution < -0.4 is 10.0 Å². The molecule has 0 bridgehead atoms. The Balaban J connectivity index is 1.36. The second-order valence-electron chi connectivity index (χ2n) is 8.85. The van der Waals surface area contributed by atoms with Crippen molar-refractivity contribution in [2.24, 2.45) is 5.92 Å². The molecule has 1 saturated carbocycles. The number of ether oxygens (including phenoxy) is 1. The normalized spacial score (nSPS) is 20.6. The zero-order valence-electron chi connectivity index (χ0n) is 17.3. The molecule has 3 aliphatic rings. The average molecular weight is 463 g/mol. The van der Waals surface area contributed by atoms with E-state index in [0.717, 1.165) is 47.4 Å². The Morgan fingerprint density at radius 2 is 2.00 bits per heavy atom. The van der Waals surface area contributed by atoms with Gasteiger partial charge in [-0.25, -0.2) is 17.9 Å². The van der Waals surface area contributed by atoms with Crippen LogP contribution in [0.2, 0.25) is 0 Å². The summed E-state index contributed by atoms with van der Waals surface area (Å²) in [4.78, 5) is 13.3. The fourth-order valence-corrected chi connectivity index (χ4v) is 6.80. The van der Waals surface area contributed by atoms with E-state index in [1.165, 1.54) is 24.5 Å². The number of fused-ring (bicyclic) bond motifs is 1. The van der Waals surface area contributed by atoms with E-state index in [1.54, 1.807) is 6.07 Å². The maximum Gasteiger partial charge on any atom is 0.333 e.